The molecule has 0 radical (unpaired) electrons. The van der Waals surface area contributed by atoms with E-state index < -0.39 is 0 Å². The molecule has 1 atom stereocenters. The molecule has 22 heavy (non-hydrogen) atoms. The van der Waals surface area contributed by atoms with E-state index in [1.807, 2.05) is 29.6 Å². The molecule has 0 saturated carbocycles. The van der Waals surface area contributed by atoms with Crippen molar-refractivity contribution >= 4 is 28.6 Å². The molecule has 1 aliphatic heterocycles. The van der Waals surface area contributed by atoms with E-state index in [1.54, 1.807) is 0 Å². The zero-order valence-electron chi connectivity index (χ0n) is 12.9. The van der Waals surface area contributed by atoms with E-state index in [9.17, 15) is 4.79 Å². The number of rotatable bonds is 4. The Hall–Kier alpha value is -1.81. The fourth-order valence-corrected chi connectivity index (χ4v) is 3.72. The summed E-state index contributed by atoms with van der Waals surface area (Å²) in [6, 6.07) is 12.6. The van der Waals surface area contributed by atoms with Crippen molar-refractivity contribution in [3.05, 3.63) is 46.7 Å². The number of piperidine rings is 1. The number of carbonyl (C=O) groups excluding carboxylic acids is 1. The van der Waals surface area contributed by atoms with Gasteiger partial charge in [-0.1, -0.05) is 13.0 Å². The van der Waals surface area contributed by atoms with Crippen LogP contribution in [0.4, 0.5) is 11.4 Å². The lowest BCUT2D eigenvalue weighted by Gasteiger charge is -2.37. The predicted molar refractivity (Wildman–Crippen MR) is 94.0 cm³/mol. The molecule has 0 aliphatic carbocycles. The van der Waals surface area contributed by atoms with Gasteiger partial charge in [0.15, 0.2) is 0 Å². The maximum atomic E-state index is 12.0. The molecule has 1 N–H and O–H groups in total. The Kier molecular flexibility index (Phi) is 4.78. The average molecular weight is 314 g/mol. The Balaban J connectivity index is 1.68. The van der Waals surface area contributed by atoms with Crippen LogP contribution in [-0.4, -0.2) is 18.5 Å². The molecule has 0 spiro atoms. The monoisotopic (exact) mass is 314 g/mol. The fraction of sp³-hybridized carbons (Fsp3) is 0.389. The molecule has 2 heterocycles. The van der Waals surface area contributed by atoms with E-state index in [4.69, 9.17) is 0 Å². The van der Waals surface area contributed by atoms with Gasteiger partial charge in [0.2, 0.25) is 0 Å². The van der Waals surface area contributed by atoms with Gasteiger partial charge in [-0.05, 0) is 61.4 Å². The van der Waals surface area contributed by atoms with Gasteiger partial charge in [-0.3, -0.25) is 4.79 Å². The summed E-state index contributed by atoms with van der Waals surface area (Å²) in [5.41, 5.74) is 2.12. The summed E-state index contributed by atoms with van der Waals surface area (Å²) in [6.45, 7) is 3.40. The van der Waals surface area contributed by atoms with Crippen molar-refractivity contribution in [1.82, 2.24) is 0 Å². The second-order valence-electron chi connectivity index (χ2n) is 5.73. The van der Waals surface area contributed by atoms with Crippen LogP contribution in [0.3, 0.4) is 0 Å². The van der Waals surface area contributed by atoms with Gasteiger partial charge in [0, 0.05) is 24.0 Å². The van der Waals surface area contributed by atoms with Crippen LogP contribution in [-0.2, 0) is 0 Å². The highest BCUT2D eigenvalue weighted by Gasteiger charge is 2.20. The van der Waals surface area contributed by atoms with Crippen LogP contribution in [0.1, 0.15) is 42.3 Å². The molecule has 1 aromatic carbocycles. The number of nitrogens with zero attached hydrogens (tertiary/aromatic N) is 1. The van der Waals surface area contributed by atoms with Crippen LogP contribution in [0.2, 0.25) is 0 Å². The molecule has 2 aromatic rings. The standard InChI is InChI=1S/C18H22N2OS/c1-2-15-6-3-4-12-20(15)16-10-8-14(9-11-16)19-18(21)17-7-5-13-22-17/h5,7-11,13,15H,2-4,6,12H2,1H3,(H,19,21). The lowest BCUT2D eigenvalue weighted by Crippen LogP contribution is -2.39. The number of nitrogens with one attached hydrogen (secondary N) is 1. The van der Waals surface area contributed by atoms with Crippen LogP contribution >= 0.6 is 11.3 Å². The lowest BCUT2D eigenvalue weighted by atomic mass is 9.99. The third-order valence-electron chi connectivity index (χ3n) is 4.30. The number of hydrogen-bond acceptors (Lipinski definition) is 3. The van der Waals surface area contributed by atoms with E-state index in [2.05, 4.69) is 29.3 Å². The van der Waals surface area contributed by atoms with Crippen LogP contribution < -0.4 is 10.2 Å². The number of amides is 1. The van der Waals surface area contributed by atoms with Gasteiger partial charge in [0.05, 0.1) is 4.88 Å². The van der Waals surface area contributed by atoms with E-state index in [0.717, 1.165) is 17.1 Å². The first kappa shape index (κ1) is 15.1. The first-order valence-electron chi connectivity index (χ1n) is 7.99. The van der Waals surface area contributed by atoms with Gasteiger partial charge in [-0.2, -0.15) is 0 Å². The summed E-state index contributed by atoms with van der Waals surface area (Å²) in [7, 11) is 0. The van der Waals surface area contributed by atoms with Crippen LogP contribution in [0.15, 0.2) is 41.8 Å². The molecule has 1 amide bonds. The lowest BCUT2D eigenvalue weighted by molar-refractivity contribution is 0.103. The van der Waals surface area contributed by atoms with Crippen molar-refractivity contribution in [3.8, 4) is 0 Å². The van der Waals surface area contributed by atoms with Gasteiger partial charge < -0.3 is 10.2 Å². The molecule has 116 valence electrons. The summed E-state index contributed by atoms with van der Waals surface area (Å²) in [5, 5.41) is 4.87. The molecule has 0 bridgehead atoms. The Bertz CT molecular complexity index is 607. The van der Waals surface area contributed by atoms with Gasteiger partial charge in [-0.25, -0.2) is 0 Å². The zero-order valence-corrected chi connectivity index (χ0v) is 13.7. The second-order valence-corrected chi connectivity index (χ2v) is 6.68. The Labute approximate surface area is 136 Å². The number of hydrogen-bond donors (Lipinski definition) is 1. The fourth-order valence-electron chi connectivity index (χ4n) is 3.10. The molecular weight excluding hydrogens is 292 g/mol. The van der Waals surface area contributed by atoms with E-state index in [0.29, 0.717) is 6.04 Å². The highest BCUT2D eigenvalue weighted by molar-refractivity contribution is 7.12. The smallest absolute Gasteiger partial charge is 0.265 e. The minimum absolute atomic E-state index is 0.0350. The summed E-state index contributed by atoms with van der Waals surface area (Å²) in [5.74, 6) is -0.0350. The Morgan fingerprint density at radius 3 is 2.77 bits per heavy atom. The van der Waals surface area contributed by atoms with Gasteiger partial charge in [0.25, 0.3) is 5.91 Å². The second kappa shape index (κ2) is 6.97. The third kappa shape index (κ3) is 3.33. The molecule has 1 aromatic heterocycles. The molecule has 3 nitrogen and oxygen atoms in total. The number of anilines is 2. The summed E-state index contributed by atoms with van der Waals surface area (Å²) in [4.78, 5) is 15.3. The number of benzene rings is 1. The van der Waals surface area contributed by atoms with E-state index in [-0.39, 0.29) is 5.91 Å². The number of thiophene rings is 1. The van der Waals surface area contributed by atoms with Crippen molar-refractivity contribution in [3.63, 3.8) is 0 Å². The maximum Gasteiger partial charge on any atom is 0.265 e. The molecule has 1 unspecified atom stereocenters. The Morgan fingerprint density at radius 2 is 2.09 bits per heavy atom. The molecule has 1 fully saturated rings. The van der Waals surface area contributed by atoms with Crippen LogP contribution in [0.25, 0.3) is 0 Å². The van der Waals surface area contributed by atoms with Crippen molar-refractivity contribution < 1.29 is 4.79 Å². The molecular formula is C18H22N2OS. The molecule has 1 saturated heterocycles. The SMILES string of the molecule is CCC1CCCCN1c1ccc(NC(=O)c2cccs2)cc1. The van der Waals surface area contributed by atoms with E-state index in [1.165, 1.54) is 42.7 Å². The first-order valence-corrected chi connectivity index (χ1v) is 8.87. The Morgan fingerprint density at radius 1 is 1.27 bits per heavy atom. The molecule has 3 rings (SSSR count). The van der Waals surface area contributed by atoms with Gasteiger partial charge >= 0.3 is 0 Å². The largest absolute Gasteiger partial charge is 0.369 e. The quantitative estimate of drug-likeness (QED) is 0.881. The van der Waals surface area contributed by atoms with Crippen molar-refractivity contribution in [2.24, 2.45) is 0 Å². The summed E-state index contributed by atoms with van der Waals surface area (Å²) >= 11 is 1.46. The zero-order chi connectivity index (χ0) is 15.4. The molecule has 4 heteroatoms. The normalized spacial score (nSPS) is 18.2. The summed E-state index contributed by atoms with van der Waals surface area (Å²) < 4.78 is 0. The molecule has 1 aliphatic rings. The van der Waals surface area contributed by atoms with Gasteiger partial charge in [-0.15, -0.1) is 11.3 Å². The van der Waals surface area contributed by atoms with E-state index >= 15 is 0 Å². The minimum Gasteiger partial charge on any atom is -0.369 e. The van der Waals surface area contributed by atoms with Crippen molar-refractivity contribution in [2.75, 3.05) is 16.8 Å². The van der Waals surface area contributed by atoms with Crippen LogP contribution in [0, 0.1) is 0 Å². The first-order chi connectivity index (χ1) is 10.8. The van der Waals surface area contributed by atoms with Crippen molar-refractivity contribution in [1.29, 1.82) is 0 Å². The van der Waals surface area contributed by atoms with Crippen molar-refractivity contribution in [2.45, 2.75) is 38.6 Å². The topological polar surface area (TPSA) is 32.3 Å². The minimum atomic E-state index is -0.0350. The highest BCUT2D eigenvalue weighted by Crippen LogP contribution is 2.27. The number of carbonyl (C=O) groups is 1. The highest BCUT2D eigenvalue weighted by atomic mass is 32.1. The third-order valence-corrected chi connectivity index (χ3v) is 5.17. The predicted octanol–water partition coefficient (Wildman–Crippen LogP) is 4.77. The maximum absolute atomic E-state index is 12.0. The summed E-state index contributed by atoms with van der Waals surface area (Å²) in [6.07, 6.45) is 5.08. The average Bonchev–Trinajstić information content (AvgIpc) is 3.10. The van der Waals surface area contributed by atoms with Gasteiger partial charge in [0.1, 0.15) is 0 Å². The van der Waals surface area contributed by atoms with Crippen LogP contribution in [0.5, 0.6) is 0 Å².